The van der Waals surface area contributed by atoms with Gasteiger partial charge < -0.3 is 14.5 Å². The summed E-state index contributed by atoms with van der Waals surface area (Å²) in [6.07, 6.45) is 6.11. The predicted molar refractivity (Wildman–Crippen MR) is 123 cm³/mol. The first kappa shape index (κ1) is 20.7. The zero-order valence-corrected chi connectivity index (χ0v) is 17.8. The van der Waals surface area contributed by atoms with Crippen LogP contribution in [0, 0.1) is 11.6 Å². The van der Waals surface area contributed by atoms with Gasteiger partial charge in [-0.3, -0.25) is 14.7 Å². The van der Waals surface area contributed by atoms with Crippen LogP contribution < -0.4 is 5.56 Å². The molecule has 0 fully saturated rings. The van der Waals surface area contributed by atoms with Gasteiger partial charge in [0.15, 0.2) is 5.65 Å². The summed E-state index contributed by atoms with van der Waals surface area (Å²) in [6, 6.07) is 8.46. The van der Waals surface area contributed by atoms with Gasteiger partial charge in [0.2, 0.25) is 5.78 Å². The first-order chi connectivity index (χ1) is 17.0. The Kier molecular flexibility index (Phi) is 4.62. The van der Waals surface area contributed by atoms with E-state index in [4.69, 9.17) is 0 Å². The van der Waals surface area contributed by atoms with E-state index in [2.05, 4.69) is 30.1 Å². The monoisotopic (exact) mass is 471 g/mol. The quantitative estimate of drug-likeness (QED) is 0.332. The molecular formula is C24H15F2N7O2. The topological polar surface area (TPSA) is 125 Å². The minimum atomic E-state index is -0.966. The number of halogens is 2. The maximum Gasteiger partial charge on any atom is 0.275 e. The zero-order valence-electron chi connectivity index (χ0n) is 17.8. The standard InChI is InChI=1S/C24H15F2N7O2/c25-15-2-1-3-16(26)20(15)22(34)14-10-27-21-13(14)5-7-33(24(21)35)11-19-30-18-8-12(9-28-23(18)31-19)17-4-6-29-32-17/h1-10,27H,11H2,(H,29,32)(H,28,30,31). The molecule has 11 heteroatoms. The maximum absolute atomic E-state index is 14.1. The van der Waals surface area contributed by atoms with Crippen molar-refractivity contribution in [3.63, 3.8) is 0 Å². The Morgan fingerprint density at radius 2 is 1.94 bits per heavy atom. The number of fused-ring (bicyclic) bond motifs is 2. The van der Waals surface area contributed by atoms with Crippen molar-refractivity contribution in [1.29, 1.82) is 0 Å². The van der Waals surface area contributed by atoms with Gasteiger partial charge in [0.1, 0.15) is 23.0 Å². The molecule has 0 radical (unpaired) electrons. The van der Waals surface area contributed by atoms with Crippen LogP contribution in [0.5, 0.6) is 0 Å². The summed E-state index contributed by atoms with van der Waals surface area (Å²) in [5, 5.41) is 7.08. The fourth-order valence-electron chi connectivity index (χ4n) is 4.07. The van der Waals surface area contributed by atoms with Gasteiger partial charge in [-0.15, -0.1) is 0 Å². The van der Waals surface area contributed by atoms with E-state index in [1.807, 2.05) is 12.1 Å². The number of carbonyl (C=O) groups is 1. The van der Waals surface area contributed by atoms with Crippen molar-refractivity contribution < 1.29 is 13.6 Å². The Morgan fingerprint density at radius 3 is 2.71 bits per heavy atom. The number of hydrogen-bond acceptors (Lipinski definition) is 5. The first-order valence-corrected chi connectivity index (χ1v) is 10.5. The van der Waals surface area contributed by atoms with E-state index in [0.29, 0.717) is 17.0 Å². The first-order valence-electron chi connectivity index (χ1n) is 10.5. The molecule has 5 aromatic heterocycles. The van der Waals surface area contributed by atoms with Gasteiger partial charge in [-0.2, -0.15) is 5.10 Å². The van der Waals surface area contributed by atoms with E-state index in [1.54, 1.807) is 18.5 Å². The van der Waals surface area contributed by atoms with Crippen molar-refractivity contribution in [2.24, 2.45) is 0 Å². The third-order valence-corrected chi connectivity index (χ3v) is 5.77. The van der Waals surface area contributed by atoms with E-state index < -0.39 is 28.5 Å². The summed E-state index contributed by atoms with van der Waals surface area (Å²) in [6.45, 7) is 0.120. The van der Waals surface area contributed by atoms with Crippen LogP contribution in [0.4, 0.5) is 8.78 Å². The van der Waals surface area contributed by atoms with Crippen LogP contribution >= 0.6 is 0 Å². The lowest BCUT2D eigenvalue weighted by Crippen LogP contribution is -2.20. The number of benzene rings is 1. The molecule has 6 rings (SSSR count). The van der Waals surface area contributed by atoms with Gasteiger partial charge in [0, 0.05) is 41.3 Å². The molecule has 0 saturated carbocycles. The second kappa shape index (κ2) is 7.83. The number of carbonyl (C=O) groups excluding carboxylic acids is 1. The minimum absolute atomic E-state index is 0.00697. The lowest BCUT2D eigenvalue weighted by Gasteiger charge is -2.05. The van der Waals surface area contributed by atoms with Crippen LogP contribution in [0.2, 0.25) is 0 Å². The summed E-state index contributed by atoms with van der Waals surface area (Å²) in [5.74, 6) is -2.27. The number of ketones is 1. The molecule has 0 aliphatic carbocycles. The molecule has 0 unspecified atom stereocenters. The molecule has 0 atom stereocenters. The summed E-state index contributed by atoms with van der Waals surface area (Å²) >= 11 is 0. The molecule has 1 aromatic carbocycles. The van der Waals surface area contributed by atoms with Crippen LogP contribution in [-0.4, -0.2) is 40.5 Å². The molecule has 9 nitrogen and oxygen atoms in total. The number of nitrogens with one attached hydrogen (secondary N) is 3. The molecule has 0 saturated heterocycles. The predicted octanol–water partition coefficient (Wildman–Crippen LogP) is 3.55. The van der Waals surface area contributed by atoms with E-state index in [-0.39, 0.29) is 23.0 Å². The number of aromatic amines is 3. The maximum atomic E-state index is 14.1. The van der Waals surface area contributed by atoms with E-state index in [1.165, 1.54) is 23.0 Å². The van der Waals surface area contributed by atoms with Crippen molar-refractivity contribution >= 4 is 27.9 Å². The number of rotatable bonds is 5. The smallest absolute Gasteiger partial charge is 0.275 e. The highest BCUT2D eigenvalue weighted by Crippen LogP contribution is 2.23. The molecule has 0 aliphatic heterocycles. The molecule has 0 spiro atoms. The average molecular weight is 471 g/mol. The summed E-state index contributed by atoms with van der Waals surface area (Å²) < 4.78 is 29.6. The Balaban J connectivity index is 1.34. The van der Waals surface area contributed by atoms with E-state index >= 15 is 0 Å². The fourth-order valence-corrected chi connectivity index (χ4v) is 4.07. The highest BCUT2D eigenvalue weighted by molar-refractivity contribution is 6.16. The van der Waals surface area contributed by atoms with Crippen LogP contribution in [0.15, 0.2) is 66.0 Å². The van der Waals surface area contributed by atoms with Crippen LogP contribution in [-0.2, 0) is 6.54 Å². The summed E-state index contributed by atoms with van der Waals surface area (Å²) in [5.41, 5.74) is 1.90. The Labute approximate surface area is 194 Å². The summed E-state index contributed by atoms with van der Waals surface area (Å²) in [7, 11) is 0. The Morgan fingerprint density at radius 1 is 1.11 bits per heavy atom. The average Bonchev–Trinajstić information content (AvgIpc) is 3.59. The minimum Gasteiger partial charge on any atom is -0.356 e. The Hall–Kier alpha value is -4.93. The second-order valence-corrected chi connectivity index (χ2v) is 7.91. The third kappa shape index (κ3) is 3.41. The van der Waals surface area contributed by atoms with Gasteiger partial charge in [-0.05, 0) is 30.3 Å². The van der Waals surface area contributed by atoms with Crippen molar-refractivity contribution in [1.82, 2.24) is 34.7 Å². The number of pyridine rings is 2. The number of nitrogens with zero attached hydrogens (tertiary/aromatic N) is 4. The molecule has 0 amide bonds. The summed E-state index contributed by atoms with van der Waals surface area (Å²) in [4.78, 5) is 40.6. The number of H-pyrrole nitrogens is 3. The van der Waals surface area contributed by atoms with Gasteiger partial charge in [-0.1, -0.05) is 6.07 Å². The lowest BCUT2D eigenvalue weighted by atomic mass is 10.0. The highest BCUT2D eigenvalue weighted by atomic mass is 19.1. The zero-order chi connectivity index (χ0) is 24.1. The van der Waals surface area contributed by atoms with Gasteiger partial charge in [0.05, 0.1) is 23.3 Å². The third-order valence-electron chi connectivity index (χ3n) is 5.77. The van der Waals surface area contributed by atoms with Crippen LogP contribution in [0.25, 0.3) is 33.3 Å². The van der Waals surface area contributed by atoms with Gasteiger partial charge in [-0.25, -0.2) is 18.7 Å². The highest BCUT2D eigenvalue weighted by Gasteiger charge is 2.22. The SMILES string of the molecule is O=C(c1c(F)cccc1F)c1c[nH]c2c(=O)n(Cc3nc4ncc(-c5ccn[nH]5)cc4[nH]3)ccc12. The molecule has 6 aromatic rings. The van der Waals surface area contributed by atoms with Crippen LogP contribution in [0.3, 0.4) is 0 Å². The van der Waals surface area contributed by atoms with Crippen molar-refractivity contribution in [3.8, 4) is 11.3 Å². The molecule has 35 heavy (non-hydrogen) atoms. The van der Waals surface area contributed by atoms with E-state index in [0.717, 1.165) is 23.4 Å². The van der Waals surface area contributed by atoms with Crippen molar-refractivity contribution in [2.45, 2.75) is 6.54 Å². The number of imidazole rings is 1. The van der Waals surface area contributed by atoms with Crippen molar-refractivity contribution in [2.75, 3.05) is 0 Å². The van der Waals surface area contributed by atoms with Gasteiger partial charge in [0.25, 0.3) is 5.56 Å². The lowest BCUT2D eigenvalue weighted by molar-refractivity contribution is 0.103. The Bertz CT molecular complexity index is 1780. The number of hydrogen-bond donors (Lipinski definition) is 3. The van der Waals surface area contributed by atoms with Crippen molar-refractivity contribution in [3.05, 3.63) is 100 Å². The van der Waals surface area contributed by atoms with E-state index in [9.17, 15) is 18.4 Å². The molecule has 0 bridgehead atoms. The van der Waals surface area contributed by atoms with Crippen LogP contribution in [0.1, 0.15) is 21.7 Å². The number of aromatic nitrogens is 7. The molecular weight excluding hydrogens is 456 g/mol. The molecule has 5 heterocycles. The molecule has 3 N–H and O–H groups in total. The second-order valence-electron chi connectivity index (χ2n) is 7.91. The molecule has 172 valence electrons. The largest absolute Gasteiger partial charge is 0.356 e. The normalized spacial score (nSPS) is 11.5. The van der Waals surface area contributed by atoms with Gasteiger partial charge >= 0.3 is 0 Å². The molecule has 0 aliphatic rings. The fraction of sp³-hybridized carbons (Fsp3) is 0.0417.